The van der Waals surface area contributed by atoms with Crippen LogP contribution in [-0.2, 0) is 18.9 Å². The molecule has 21 nitrogen and oxygen atoms in total. The predicted octanol–water partition coefficient (Wildman–Crippen LogP) is -4.60. The summed E-state index contributed by atoms with van der Waals surface area (Å²) in [5.74, 6) is -3.69. The number of ether oxygens (including phenoxy) is 6. The van der Waals surface area contributed by atoms with Crippen LogP contribution in [0.15, 0.2) is 39.5 Å². The maximum absolute atomic E-state index is 14.2. The Kier molecular flexibility index (Phi) is 11.3. The van der Waals surface area contributed by atoms with E-state index in [0.29, 0.717) is 0 Å². The van der Waals surface area contributed by atoms with Gasteiger partial charge in [0.05, 0.1) is 19.8 Å². The van der Waals surface area contributed by atoms with Gasteiger partial charge in [-0.05, 0) is 18.2 Å². The summed E-state index contributed by atoms with van der Waals surface area (Å²) in [6, 6.07) is 5.12. The second-order valence-electron chi connectivity index (χ2n) is 12.6. The molecule has 0 spiro atoms. The summed E-state index contributed by atoms with van der Waals surface area (Å²) in [6.45, 7) is -2.18. The SMILES string of the molecule is O=c1c(O[C@@H]2O[C@H](CO)[C@H](O)[C@H](O)[C@H]2O[C@@H]2OC[C@@H](O)[C@H](O)[C@H]2O)c(-c2ccc(O)c(O)c2)oc2cc(O[C@@H]3O[C@H](CO)[C@@H](O)[C@H](O)[C@H]3O)cc(O)c12. The quantitative estimate of drug-likeness (QED) is 0.0913. The predicted molar refractivity (Wildman–Crippen MR) is 168 cm³/mol. The van der Waals surface area contributed by atoms with Crippen LogP contribution < -0.4 is 14.9 Å². The number of rotatable bonds is 9. The molecule has 6 rings (SSSR count). The van der Waals surface area contributed by atoms with Gasteiger partial charge in [-0.15, -0.1) is 0 Å². The normalized spacial score (nSPS) is 36.3. The molecule has 0 bridgehead atoms. The van der Waals surface area contributed by atoms with Crippen LogP contribution in [0, 0.1) is 0 Å². The minimum absolute atomic E-state index is 0.134. The number of fused-ring (bicyclic) bond motifs is 1. The van der Waals surface area contributed by atoms with Crippen molar-refractivity contribution in [3.05, 3.63) is 40.6 Å². The smallest absolute Gasteiger partial charge is 0.239 e. The minimum atomic E-state index is -1.98. The first kappa shape index (κ1) is 38.8. The molecular weight excluding hydrogens is 720 g/mol. The van der Waals surface area contributed by atoms with Crippen molar-refractivity contribution >= 4 is 11.0 Å². The Hall–Kier alpha value is -3.91. The van der Waals surface area contributed by atoms with Crippen molar-refractivity contribution in [3.8, 4) is 40.1 Å². The lowest BCUT2D eigenvalue weighted by Gasteiger charge is -2.44. The Morgan fingerprint density at radius 2 is 1.30 bits per heavy atom. The molecule has 0 unspecified atom stereocenters. The number of aliphatic hydroxyl groups excluding tert-OH is 10. The van der Waals surface area contributed by atoms with E-state index in [1.165, 1.54) is 6.07 Å². The highest BCUT2D eigenvalue weighted by molar-refractivity contribution is 5.88. The molecule has 14 atom stereocenters. The molecule has 0 saturated carbocycles. The highest BCUT2D eigenvalue weighted by Gasteiger charge is 2.50. The lowest BCUT2D eigenvalue weighted by molar-refractivity contribution is -0.345. The summed E-state index contributed by atoms with van der Waals surface area (Å²) < 4.78 is 39.3. The van der Waals surface area contributed by atoms with Gasteiger partial charge in [0.1, 0.15) is 83.5 Å². The third-order valence-electron chi connectivity index (χ3n) is 9.05. The van der Waals surface area contributed by atoms with Crippen LogP contribution >= 0.6 is 0 Å². The average Bonchev–Trinajstić information content (AvgIpc) is 3.13. The van der Waals surface area contributed by atoms with Crippen LogP contribution in [0.5, 0.6) is 28.7 Å². The molecule has 3 aliphatic heterocycles. The van der Waals surface area contributed by atoms with E-state index in [4.69, 9.17) is 32.8 Å². The Morgan fingerprint density at radius 1 is 0.660 bits per heavy atom. The zero-order valence-corrected chi connectivity index (χ0v) is 27.2. The summed E-state index contributed by atoms with van der Waals surface area (Å²) in [7, 11) is 0. The van der Waals surface area contributed by atoms with Crippen molar-refractivity contribution in [3.63, 3.8) is 0 Å². The standard InChI is InChI=1S/C32H38O21/c33-6-16-20(40)23(43)26(46)31(50-16)48-10-4-13(37)18-15(5-10)49-27(9-1-2-11(35)12(36)3-9)28(22(18)42)52-32-29(24(44)21(41)17(7-34)51-32)53-30-25(45)19(39)14(38)8-47-30/h1-5,14,16-17,19-21,23-26,29-41,43-46H,6-8H2/t14-,16-,17-,19+,20-,21+,23+,24+,25-,26-,29-,30+,31-,32+/m1/s1. The minimum Gasteiger partial charge on any atom is -0.507 e. The molecule has 0 radical (unpaired) electrons. The average molecular weight is 759 g/mol. The zero-order valence-electron chi connectivity index (χ0n) is 27.2. The number of benzene rings is 2. The molecule has 53 heavy (non-hydrogen) atoms. The molecule has 3 aliphatic rings. The maximum atomic E-state index is 14.2. The Bertz CT molecular complexity index is 1820. The number of hydrogen-bond acceptors (Lipinski definition) is 21. The van der Waals surface area contributed by atoms with E-state index in [1.54, 1.807) is 0 Å². The zero-order chi connectivity index (χ0) is 38.5. The molecular formula is C32H38O21. The first-order valence-electron chi connectivity index (χ1n) is 16.1. The molecule has 4 heterocycles. The molecule has 292 valence electrons. The Morgan fingerprint density at radius 3 is 1.96 bits per heavy atom. The third kappa shape index (κ3) is 7.33. The molecule has 13 N–H and O–H groups in total. The number of hydrogen-bond donors (Lipinski definition) is 13. The van der Waals surface area contributed by atoms with Gasteiger partial charge in [-0.3, -0.25) is 4.79 Å². The van der Waals surface area contributed by atoms with Gasteiger partial charge >= 0.3 is 0 Å². The van der Waals surface area contributed by atoms with Gasteiger partial charge in [0.15, 0.2) is 29.7 Å². The van der Waals surface area contributed by atoms with E-state index < -0.39 is 151 Å². The van der Waals surface area contributed by atoms with Gasteiger partial charge in [-0.1, -0.05) is 0 Å². The second kappa shape index (κ2) is 15.4. The fourth-order valence-corrected chi connectivity index (χ4v) is 6.05. The van der Waals surface area contributed by atoms with Crippen molar-refractivity contribution in [2.45, 2.75) is 86.0 Å². The van der Waals surface area contributed by atoms with Gasteiger partial charge < -0.3 is 99.2 Å². The molecule has 3 saturated heterocycles. The van der Waals surface area contributed by atoms with Crippen molar-refractivity contribution in [2.24, 2.45) is 0 Å². The monoisotopic (exact) mass is 758 g/mol. The van der Waals surface area contributed by atoms with Gasteiger partial charge in [0.25, 0.3) is 0 Å². The molecule has 0 amide bonds. The van der Waals surface area contributed by atoms with Crippen LogP contribution in [0.1, 0.15) is 0 Å². The van der Waals surface area contributed by atoms with Crippen LogP contribution in [0.2, 0.25) is 0 Å². The third-order valence-corrected chi connectivity index (χ3v) is 9.05. The van der Waals surface area contributed by atoms with Crippen LogP contribution in [0.4, 0.5) is 0 Å². The van der Waals surface area contributed by atoms with E-state index in [9.17, 15) is 71.2 Å². The summed E-state index contributed by atoms with van der Waals surface area (Å²) in [6.07, 6.45) is -24.5. The first-order chi connectivity index (χ1) is 25.1. The fourth-order valence-electron chi connectivity index (χ4n) is 6.05. The Labute approximate surface area is 296 Å². The lowest BCUT2D eigenvalue weighted by Crippen LogP contribution is -2.64. The number of phenols is 3. The molecule has 1 aromatic heterocycles. The summed E-state index contributed by atoms with van der Waals surface area (Å²) in [5.41, 5.74) is -1.69. The topological polar surface area (TPSA) is 349 Å². The first-order valence-corrected chi connectivity index (χ1v) is 16.1. The van der Waals surface area contributed by atoms with E-state index in [2.05, 4.69) is 0 Å². The van der Waals surface area contributed by atoms with E-state index in [-0.39, 0.29) is 11.3 Å². The van der Waals surface area contributed by atoms with Crippen molar-refractivity contribution in [2.75, 3.05) is 19.8 Å². The highest BCUT2D eigenvalue weighted by Crippen LogP contribution is 2.40. The van der Waals surface area contributed by atoms with E-state index in [1.807, 2.05) is 0 Å². The van der Waals surface area contributed by atoms with Gasteiger partial charge in [-0.25, -0.2) is 0 Å². The highest BCUT2D eigenvalue weighted by atomic mass is 16.8. The molecule has 2 aromatic carbocycles. The van der Waals surface area contributed by atoms with Gasteiger partial charge in [-0.2, -0.15) is 0 Å². The molecule has 3 aromatic rings. The van der Waals surface area contributed by atoms with Crippen LogP contribution in [0.25, 0.3) is 22.3 Å². The van der Waals surface area contributed by atoms with Crippen LogP contribution in [-0.4, -0.2) is 172 Å². The van der Waals surface area contributed by atoms with Crippen molar-refractivity contribution in [1.29, 1.82) is 0 Å². The Balaban J connectivity index is 1.42. The van der Waals surface area contributed by atoms with Crippen molar-refractivity contribution < 1.29 is 99.2 Å². The maximum Gasteiger partial charge on any atom is 0.239 e. The summed E-state index contributed by atoms with van der Waals surface area (Å²) >= 11 is 0. The van der Waals surface area contributed by atoms with E-state index in [0.717, 1.165) is 24.3 Å². The van der Waals surface area contributed by atoms with Crippen LogP contribution in [0.3, 0.4) is 0 Å². The van der Waals surface area contributed by atoms with Gasteiger partial charge in [0.2, 0.25) is 23.8 Å². The summed E-state index contributed by atoms with van der Waals surface area (Å²) in [4.78, 5) is 14.2. The molecule has 21 heteroatoms. The number of aromatic hydroxyl groups is 3. The largest absolute Gasteiger partial charge is 0.507 e. The number of aliphatic hydroxyl groups is 10. The van der Waals surface area contributed by atoms with Gasteiger partial charge in [0, 0.05) is 17.7 Å². The van der Waals surface area contributed by atoms with E-state index >= 15 is 0 Å². The number of phenolic OH excluding ortho intramolecular Hbond substituents is 3. The summed E-state index contributed by atoms with van der Waals surface area (Å²) in [5, 5.41) is 133. The molecule has 0 aliphatic carbocycles. The fraction of sp³-hybridized carbons (Fsp3) is 0.531. The lowest BCUT2D eigenvalue weighted by atomic mass is 9.98. The second-order valence-corrected chi connectivity index (χ2v) is 12.6. The van der Waals surface area contributed by atoms with Crippen molar-refractivity contribution in [1.82, 2.24) is 0 Å². The molecule has 3 fully saturated rings.